The first kappa shape index (κ1) is 28.2. The van der Waals surface area contributed by atoms with Crippen LogP contribution in [0, 0.1) is 11.3 Å². The number of carbonyl (C=O) groups excluding carboxylic acids is 4. The van der Waals surface area contributed by atoms with Crippen molar-refractivity contribution < 1.29 is 23.9 Å². The summed E-state index contributed by atoms with van der Waals surface area (Å²) in [5.74, 6) is -1.78. The molecule has 2 aromatic carbocycles. The number of carbonyl (C=O) groups is 4. The van der Waals surface area contributed by atoms with Crippen LogP contribution in [-0.4, -0.2) is 66.4 Å². The van der Waals surface area contributed by atoms with E-state index < -0.39 is 23.8 Å². The number of para-hydroxylation sites is 1. The van der Waals surface area contributed by atoms with Gasteiger partial charge in [-0.15, -0.1) is 11.3 Å². The molecule has 0 spiro atoms. The molecule has 0 saturated carbocycles. The molecule has 4 amide bonds. The highest BCUT2D eigenvalue weighted by molar-refractivity contribution is 7.19. The first-order valence-corrected chi connectivity index (χ1v) is 13.2. The molecule has 1 atom stereocenters. The van der Waals surface area contributed by atoms with Gasteiger partial charge >= 0.3 is 0 Å². The highest BCUT2D eigenvalue weighted by atomic mass is 32.1. The lowest BCUT2D eigenvalue weighted by molar-refractivity contribution is -0.130. The molecular formula is C27H27N7O5S. The standard InChI is InChI=1S/C27H27N7O5S/c1-39-15-25(37)29-9-8-23(35)33-21(10-16-13-30-19-5-3-2-4-18(16)19)27(38)31-14-24(36)32-17-6-7-20-22(11-17)40-26(12-28)34-20/h2-7,11,13,21,30H,8-10,14-15H2,1H3,(H,29,37)(H,31,38)(H,32,36)(H,33,35)/t21-/m0/s1. The van der Waals surface area contributed by atoms with Gasteiger partial charge in [0.05, 0.1) is 16.8 Å². The van der Waals surface area contributed by atoms with Gasteiger partial charge in [-0.2, -0.15) is 5.26 Å². The quantitative estimate of drug-likeness (QED) is 0.174. The van der Waals surface area contributed by atoms with Crippen molar-refractivity contribution in [1.29, 1.82) is 5.26 Å². The van der Waals surface area contributed by atoms with Gasteiger partial charge in [-0.3, -0.25) is 19.2 Å². The summed E-state index contributed by atoms with van der Waals surface area (Å²) >= 11 is 1.21. The second-order valence-electron chi connectivity index (χ2n) is 8.80. The van der Waals surface area contributed by atoms with E-state index in [9.17, 15) is 19.2 Å². The summed E-state index contributed by atoms with van der Waals surface area (Å²) in [6.07, 6.45) is 1.92. The van der Waals surface area contributed by atoms with Gasteiger partial charge in [0, 0.05) is 49.3 Å². The zero-order valence-corrected chi connectivity index (χ0v) is 22.4. The zero-order chi connectivity index (χ0) is 28.5. The van der Waals surface area contributed by atoms with E-state index in [2.05, 4.69) is 31.2 Å². The predicted molar refractivity (Wildman–Crippen MR) is 149 cm³/mol. The molecule has 13 heteroatoms. The van der Waals surface area contributed by atoms with E-state index in [0.717, 1.165) is 21.2 Å². The highest BCUT2D eigenvalue weighted by Crippen LogP contribution is 2.25. The van der Waals surface area contributed by atoms with Gasteiger partial charge < -0.3 is 31.0 Å². The van der Waals surface area contributed by atoms with Crippen molar-refractivity contribution in [1.82, 2.24) is 25.9 Å². The van der Waals surface area contributed by atoms with Gasteiger partial charge in [-0.1, -0.05) is 18.2 Å². The smallest absolute Gasteiger partial charge is 0.245 e. The molecule has 206 valence electrons. The van der Waals surface area contributed by atoms with E-state index in [4.69, 9.17) is 10.00 Å². The summed E-state index contributed by atoms with van der Waals surface area (Å²) in [6.45, 7) is -0.359. The molecule has 0 saturated heterocycles. The second-order valence-corrected chi connectivity index (χ2v) is 9.83. The molecule has 4 aromatic rings. The molecule has 4 rings (SSSR count). The molecule has 0 unspecified atom stereocenters. The van der Waals surface area contributed by atoms with Crippen LogP contribution in [-0.2, 0) is 30.3 Å². The lowest BCUT2D eigenvalue weighted by atomic mass is 10.0. The normalized spacial score (nSPS) is 11.5. The first-order chi connectivity index (χ1) is 19.4. The summed E-state index contributed by atoms with van der Waals surface area (Å²) in [4.78, 5) is 57.2. The van der Waals surface area contributed by atoms with Gasteiger partial charge in [0.15, 0.2) is 5.01 Å². The third-order valence-corrected chi connectivity index (χ3v) is 6.81. The molecule has 2 heterocycles. The van der Waals surface area contributed by atoms with Gasteiger partial charge in [0.25, 0.3) is 0 Å². The molecule has 0 aliphatic carbocycles. The maximum atomic E-state index is 13.1. The minimum absolute atomic E-state index is 0.0405. The SMILES string of the molecule is COCC(=O)NCCC(=O)N[C@@H](Cc1c[nH]c2ccccc12)C(=O)NCC(=O)Nc1ccc2nc(C#N)sc2c1. The minimum Gasteiger partial charge on any atom is -0.375 e. The van der Waals surface area contributed by atoms with Gasteiger partial charge in [-0.25, -0.2) is 4.98 Å². The number of fused-ring (bicyclic) bond motifs is 2. The van der Waals surface area contributed by atoms with E-state index in [-0.39, 0.29) is 38.4 Å². The van der Waals surface area contributed by atoms with Crippen LogP contribution < -0.4 is 21.3 Å². The van der Waals surface area contributed by atoms with E-state index in [1.807, 2.05) is 30.3 Å². The minimum atomic E-state index is -0.966. The number of nitrogens with one attached hydrogen (secondary N) is 5. The van der Waals surface area contributed by atoms with Crippen LogP contribution in [0.5, 0.6) is 0 Å². The summed E-state index contributed by atoms with van der Waals surface area (Å²) in [5, 5.41) is 20.9. The number of thiazole rings is 1. The van der Waals surface area contributed by atoms with Gasteiger partial charge in [0.2, 0.25) is 23.6 Å². The van der Waals surface area contributed by atoms with Crippen molar-refractivity contribution in [3.63, 3.8) is 0 Å². The molecule has 2 aromatic heterocycles. The van der Waals surface area contributed by atoms with Crippen molar-refractivity contribution in [2.45, 2.75) is 18.9 Å². The Balaban J connectivity index is 1.38. The molecule has 12 nitrogen and oxygen atoms in total. The number of methoxy groups -OCH3 is 1. The van der Waals surface area contributed by atoms with E-state index in [1.54, 1.807) is 24.4 Å². The molecule has 0 fully saturated rings. The van der Waals surface area contributed by atoms with Crippen molar-refractivity contribution in [2.75, 3.05) is 32.1 Å². The number of hydrogen-bond acceptors (Lipinski definition) is 8. The third-order valence-electron chi connectivity index (χ3n) is 5.89. The number of nitriles is 1. The Bertz CT molecular complexity index is 1590. The topological polar surface area (TPSA) is 178 Å². The lowest BCUT2D eigenvalue weighted by Gasteiger charge is -2.18. The summed E-state index contributed by atoms with van der Waals surface area (Å²) in [6, 6.07) is 13.7. The predicted octanol–water partition coefficient (Wildman–Crippen LogP) is 1.58. The fourth-order valence-electron chi connectivity index (χ4n) is 4.04. The number of anilines is 1. The van der Waals surface area contributed by atoms with Crippen molar-refractivity contribution in [2.24, 2.45) is 0 Å². The number of ether oxygens (including phenoxy) is 1. The Kier molecular flexibility index (Phi) is 9.39. The van der Waals surface area contributed by atoms with Crippen LogP contribution in [0.4, 0.5) is 5.69 Å². The van der Waals surface area contributed by atoms with E-state index in [1.165, 1.54) is 18.4 Å². The van der Waals surface area contributed by atoms with Crippen molar-refractivity contribution in [3.05, 3.63) is 59.2 Å². The van der Waals surface area contributed by atoms with E-state index in [0.29, 0.717) is 16.2 Å². The van der Waals surface area contributed by atoms with Crippen LogP contribution in [0.2, 0.25) is 0 Å². The van der Waals surface area contributed by atoms with Crippen molar-refractivity contribution in [3.8, 4) is 6.07 Å². The van der Waals surface area contributed by atoms with Crippen molar-refractivity contribution >= 4 is 61.8 Å². The number of rotatable bonds is 12. The molecule has 0 aliphatic rings. The Morgan fingerprint density at radius 2 is 1.93 bits per heavy atom. The Labute approximate surface area is 233 Å². The zero-order valence-electron chi connectivity index (χ0n) is 21.6. The Morgan fingerprint density at radius 3 is 2.73 bits per heavy atom. The molecule has 5 N–H and O–H groups in total. The maximum absolute atomic E-state index is 13.1. The molecule has 40 heavy (non-hydrogen) atoms. The van der Waals surface area contributed by atoms with E-state index >= 15 is 0 Å². The first-order valence-electron chi connectivity index (χ1n) is 12.3. The van der Waals surface area contributed by atoms with Crippen LogP contribution in [0.3, 0.4) is 0 Å². The molecular weight excluding hydrogens is 534 g/mol. The summed E-state index contributed by atoms with van der Waals surface area (Å²) in [7, 11) is 1.39. The number of amides is 4. The molecule has 0 radical (unpaired) electrons. The summed E-state index contributed by atoms with van der Waals surface area (Å²) < 4.78 is 5.49. The number of benzene rings is 2. The fourth-order valence-corrected chi connectivity index (χ4v) is 4.84. The number of nitrogens with zero attached hydrogens (tertiary/aromatic N) is 2. The van der Waals surface area contributed by atoms with Crippen LogP contribution in [0.1, 0.15) is 17.0 Å². The summed E-state index contributed by atoms with van der Waals surface area (Å²) in [5.41, 5.74) is 2.87. The van der Waals surface area contributed by atoms with Crippen LogP contribution >= 0.6 is 11.3 Å². The largest absolute Gasteiger partial charge is 0.375 e. The van der Waals surface area contributed by atoms with Gasteiger partial charge in [0.1, 0.15) is 18.7 Å². The molecule has 0 bridgehead atoms. The Morgan fingerprint density at radius 1 is 1.10 bits per heavy atom. The Hall–Kier alpha value is -4.80. The maximum Gasteiger partial charge on any atom is 0.245 e. The van der Waals surface area contributed by atoms with Crippen LogP contribution in [0.15, 0.2) is 48.7 Å². The third kappa shape index (κ3) is 7.40. The fraction of sp³-hybridized carbons (Fsp3) is 0.259. The number of aromatic amines is 1. The highest BCUT2D eigenvalue weighted by Gasteiger charge is 2.23. The monoisotopic (exact) mass is 561 g/mol. The average molecular weight is 562 g/mol. The average Bonchev–Trinajstić information content (AvgIpc) is 3.55. The van der Waals surface area contributed by atoms with Gasteiger partial charge in [-0.05, 0) is 29.8 Å². The number of hydrogen-bond donors (Lipinski definition) is 5. The van der Waals surface area contributed by atoms with Crippen LogP contribution in [0.25, 0.3) is 21.1 Å². The number of aromatic nitrogens is 2. The number of H-pyrrole nitrogens is 1. The second kappa shape index (κ2) is 13.3. The lowest BCUT2D eigenvalue weighted by Crippen LogP contribution is -2.50. The molecule has 0 aliphatic heterocycles.